The summed E-state index contributed by atoms with van der Waals surface area (Å²) in [6, 6.07) is 2.89. The Labute approximate surface area is 136 Å². The highest BCUT2D eigenvalue weighted by molar-refractivity contribution is 6.04. The molecule has 0 bridgehead atoms. The summed E-state index contributed by atoms with van der Waals surface area (Å²) in [5, 5.41) is 2.78. The summed E-state index contributed by atoms with van der Waals surface area (Å²) in [6.45, 7) is 4.24. The van der Waals surface area contributed by atoms with Crippen LogP contribution in [0.1, 0.15) is 45.1 Å². The molecule has 1 aliphatic carbocycles. The van der Waals surface area contributed by atoms with Crippen LogP contribution >= 0.6 is 0 Å². The maximum absolute atomic E-state index is 12.4. The fraction of sp³-hybridized carbons (Fsp3) is 0.588. The summed E-state index contributed by atoms with van der Waals surface area (Å²) < 4.78 is 5.77. The summed E-state index contributed by atoms with van der Waals surface area (Å²) in [6.07, 6.45) is 6.09. The van der Waals surface area contributed by atoms with Gasteiger partial charge in [-0.2, -0.15) is 0 Å². The zero-order valence-electron chi connectivity index (χ0n) is 13.6. The van der Waals surface area contributed by atoms with Crippen molar-refractivity contribution in [3.63, 3.8) is 0 Å². The first-order valence-electron chi connectivity index (χ1n) is 8.32. The molecule has 2 atom stereocenters. The molecular formula is C17H23N3O3. The number of carbonyl (C=O) groups is 2. The molecule has 1 saturated carbocycles. The van der Waals surface area contributed by atoms with E-state index in [1.165, 1.54) is 11.3 Å². The molecule has 1 N–H and O–H groups in total. The normalized spacial score (nSPS) is 22.7. The largest absolute Gasteiger partial charge is 0.474 e. The molecule has 1 saturated heterocycles. The van der Waals surface area contributed by atoms with Gasteiger partial charge in [-0.05, 0) is 36.8 Å². The quantitative estimate of drug-likeness (QED) is 0.818. The van der Waals surface area contributed by atoms with Gasteiger partial charge in [0.2, 0.25) is 5.88 Å². The fourth-order valence-electron chi connectivity index (χ4n) is 2.77. The van der Waals surface area contributed by atoms with Gasteiger partial charge in [0.05, 0.1) is 6.54 Å². The minimum atomic E-state index is -0.417. The molecule has 3 amide bonds. The maximum Gasteiger partial charge on any atom is 0.325 e. The number of nitrogens with one attached hydrogen (secondary N) is 1. The molecule has 1 aromatic rings. The first-order chi connectivity index (χ1) is 11.1. The summed E-state index contributed by atoms with van der Waals surface area (Å²) >= 11 is 0. The minimum absolute atomic E-state index is 0.131. The average Bonchev–Trinajstić information content (AvgIpc) is 2.79. The number of ether oxygens (including phenoxy) is 1. The Balaban J connectivity index is 1.67. The molecule has 6 nitrogen and oxygen atoms in total. The van der Waals surface area contributed by atoms with Gasteiger partial charge < -0.3 is 10.1 Å². The minimum Gasteiger partial charge on any atom is -0.474 e. The maximum atomic E-state index is 12.4. The molecule has 2 aliphatic rings. The van der Waals surface area contributed by atoms with Gasteiger partial charge in [0.25, 0.3) is 5.91 Å². The van der Waals surface area contributed by atoms with E-state index in [9.17, 15) is 9.59 Å². The van der Waals surface area contributed by atoms with Gasteiger partial charge in [-0.15, -0.1) is 0 Å². The van der Waals surface area contributed by atoms with Crippen LogP contribution in [-0.4, -0.2) is 34.0 Å². The molecule has 0 aromatic carbocycles. The Morgan fingerprint density at radius 3 is 2.87 bits per heavy atom. The smallest absolute Gasteiger partial charge is 0.325 e. The molecule has 2 fully saturated rings. The molecule has 3 rings (SSSR count). The van der Waals surface area contributed by atoms with Crippen molar-refractivity contribution in [2.75, 3.05) is 0 Å². The third kappa shape index (κ3) is 3.30. The van der Waals surface area contributed by atoms with E-state index in [1.807, 2.05) is 26.0 Å². The van der Waals surface area contributed by atoms with Gasteiger partial charge in [-0.1, -0.05) is 20.3 Å². The second kappa shape index (κ2) is 6.56. The van der Waals surface area contributed by atoms with E-state index in [1.54, 1.807) is 6.20 Å². The molecule has 2 heterocycles. The average molecular weight is 317 g/mol. The van der Waals surface area contributed by atoms with Crippen molar-refractivity contribution in [2.24, 2.45) is 5.92 Å². The molecule has 23 heavy (non-hydrogen) atoms. The highest BCUT2D eigenvalue weighted by Gasteiger charge is 2.40. The Morgan fingerprint density at radius 2 is 2.22 bits per heavy atom. The second-order valence-electron chi connectivity index (χ2n) is 6.41. The number of nitrogens with zero attached hydrogens (tertiary/aromatic N) is 2. The molecule has 0 unspecified atom stereocenters. The molecule has 124 valence electrons. The molecular weight excluding hydrogens is 294 g/mol. The highest BCUT2D eigenvalue weighted by Crippen LogP contribution is 2.25. The first-order valence-corrected chi connectivity index (χ1v) is 8.32. The molecule has 6 heteroatoms. The van der Waals surface area contributed by atoms with Crippen LogP contribution in [0.15, 0.2) is 18.3 Å². The van der Waals surface area contributed by atoms with Crippen LogP contribution in [0, 0.1) is 5.92 Å². The highest BCUT2D eigenvalue weighted by atomic mass is 16.5. The standard InChI is InChI=1S/C17H23N3O3/c1-3-11(2)15-16(21)20(17(22)19-15)10-12-7-8-18-14(9-12)23-13-5-4-6-13/h7-9,11,13,15H,3-6,10H2,1-2H3,(H,19,22)/t11-,15+/m0/s1. The van der Waals surface area contributed by atoms with Crippen LogP contribution in [-0.2, 0) is 11.3 Å². The fourth-order valence-corrected chi connectivity index (χ4v) is 2.77. The number of aromatic nitrogens is 1. The topological polar surface area (TPSA) is 71.5 Å². The summed E-state index contributed by atoms with van der Waals surface area (Å²) in [7, 11) is 0. The number of imide groups is 1. The summed E-state index contributed by atoms with van der Waals surface area (Å²) in [4.78, 5) is 30.0. The monoisotopic (exact) mass is 317 g/mol. The summed E-state index contributed by atoms with van der Waals surface area (Å²) in [5.74, 6) is 0.548. The van der Waals surface area contributed by atoms with Gasteiger partial charge in [0, 0.05) is 12.3 Å². The predicted octanol–water partition coefficient (Wildman–Crippen LogP) is 2.48. The van der Waals surface area contributed by atoms with Crippen LogP contribution < -0.4 is 10.1 Å². The Kier molecular flexibility index (Phi) is 4.50. The zero-order chi connectivity index (χ0) is 16.4. The first kappa shape index (κ1) is 15.8. The Morgan fingerprint density at radius 1 is 1.43 bits per heavy atom. The van der Waals surface area contributed by atoms with E-state index >= 15 is 0 Å². The van der Waals surface area contributed by atoms with Gasteiger partial charge in [-0.3, -0.25) is 9.69 Å². The SMILES string of the molecule is CC[C@H](C)[C@H]1NC(=O)N(Cc2ccnc(OC3CCC3)c2)C1=O. The molecule has 1 aromatic heterocycles. The molecule has 0 spiro atoms. The predicted molar refractivity (Wildman–Crippen MR) is 84.8 cm³/mol. The van der Waals surface area contributed by atoms with E-state index < -0.39 is 6.04 Å². The van der Waals surface area contributed by atoms with Crippen molar-refractivity contribution in [3.05, 3.63) is 23.9 Å². The third-order valence-electron chi connectivity index (χ3n) is 4.75. The van der Waals surface area contributed by atoms with Crippen LogP contribution in [0.3, 0.4) is 0 Å². The van der Waals surface area contributed by atoms with E-state index in [2.05, 4.69) is 10.3 Å². The van der Waals surface area contributed by atoms with Gasteiger partial charge in [0.1, 0.15) is 12.1 Å². The Hall–Kier alpha value is -2.11. The van der Waals surface area contributed by atoms with Gasteiger partial charge in [0.15, 0.2) is 0 Å². The number of hydrogen-bond donors (Lipinski definition) is 1. The molecule has 0 radical (unpaired) electrons. The lowest BCUT2D eigenvalue weighted by Gasteiger charge is -2.25. The lowest BCUT2D eigenvalue weighted by atomic mass is 9.96. The molecule has 1 aliphatic heterocycles. The van der Waals surface area contributed by atoms with E-state index in [0.29, 0.717) is 5.88 Å². The number of carbonyl (C=O) groups excluding carboxylic acids is 2. The van der Waals surface area contributed by atoms with Crippen LogP contribution in [0.5, 0.6) is 5.88 Å². The van der Waals surface area contributed by atoms with Gasteiger partial charge >= 0.3 is 6.03 Å². The summed E-state index contributed by atoms with van der Waals surface area (Å²) in [5.41, 5.74) is 0.850. The van der Waals surface area contributed by atoms with Crippen molar-refractivity contribution in [1.82, 2.24) is 15.2 Å². The number of hydrogen-bond acceptors (Lipinski definition) is 4. The zero-order valence-corrected chi connectivity index (χ0v) is 13.6. The lowest BCUT2D eigenvalue weighted by molar-refractivity contribution is -0.128. The van der Waals surface area contributed by atoms with E-state index in [0.717, 1.165) is 24.8 Å². The van der Waals surface area contributed by atoms with Crippen molar-refractivity contribution in [2.45, 2.75) is 58.2 Å². The lowest BCUT2D eigenvalue weighted by Crippen LogP contribution is -2.35. The van der Waals surface area contributed by atoms with Crippen molar-refractivity contribution < 1.29 is 14.3 Å². The number of urea groups is 1. The number of pyridine rings is 1. The van der Waals surface area contributed by atoms with E-state index in [4.69, 9.17) is 4.74 Å². The second-order valence-corrected chi connectivity index (χ2v) is 6.41. The van der Waals surface area contributed by atoms with Crippen LogP contribution in [0.2, 0.25) is 0 Å². The number of amides is 3. The van der Waals surface area contributed by atoms with Crippen molar-refractivity contribution in [3.8, 4) is 5.88 Å². The van der Waals surface area contributed by atoms with Crippen LogP contribution in [0.4, 0.5) is 4.79 Å². The van der Waals surface area contributed by atoms with Gasteiger partial charge in [-0.25, -0.2) is 9.78 Å². The van der Waals surface area contributed by atoms with Crippen LogP contribution in [0.25, 0.3) is 0 Å². The number of rotatable bonds is 6. The Bertz CT molecular complexity index is 601. The van der Waals surface area contributed by atoms with Crippen molar-refractivity contribution in [1.29, 1.82) is 0 Å². The third-order valence-corrected chi connectivity index (χ3v) is 4.75. The van der Waals surface area contributed by atoms with E-state index in [-0.39, 0.29) is 30.5 Å². The van der Waals surface area contributed by atoms with Crippen molar-refractivity contribution >= 4 is 11.9 Å².